The number of rotatable bonds is 8. The van der Waals surface area contributed by atoms with Crippen LogP contribution in [0.4, 0.5) is 5.69 Å². The van der Waals surface area contributed by atoms with Gasteiger partial charge in [-0.05, 0) is 55.8 Å². The van der Waals surface area contributed by atoms with E-state index in [2.05, 4.69) is 27.3 Å². The molecule has 3 N–H and O–H groups in total. The second-order valence-electron chi connectivity index (χ2n) is 7.30. The molecule has 7 nitrogen and oxygen atoms in total. The Hall–Kier alpha value is -2.20. The Morgan fingerprint density at radius 1 is 0.968 bits per heavy atom. The van der Waals surface area contributed by atoms with Gasteiger partial charge in [0.25, 0.3) is 0 Å². The minimum absolute atomic E-state index is 0. The molecule has 170 valence electrons. The zero-order chi connectivity index (χ0) is 21.3. The average molecular weight is 540 g/mol. The van der Waals surface area contributed by atoms with Gasteiger partial charge in [-0.25, -0.2) is 0 Å². The summed E-state index contributed by atoms with van der Waals surface area (Å²) in [6, 6.07) is 13.9. The molecule has 1 heterocycles. The molecule has 3 rings (SSSR count). The summed E-state index contributed by atoms with van der Waals surface area (Å²) in [5.41, 5.74) is 8.16. The van der Waals surface area contributed by atoms with Gasteiger partial charge in [0.15, 0.2) is 5.96 Å². The Balaban J connectivity index is 0.00000341. The maximum atomic E-state index is 6.23. The predicted molar refractivity (Wildman–Crippen MR) is 136 cm³/mol. The molecule has 0 saturated carbocycles. The maximum Gasteiger partial charge on any atom is 0.193 e. The highest BCUT2D eigenvalue weighted by Crippen LogP contribution is 2.29. The molecule has 8 heteroatoms. The van der Waals surface area contributed by atoms with Gasteiger partial charge in [0, 0.05) is 6.07 Å². The number of nitrogens with zero attached hydrogens (tertiary/aromatic N) is 2. The van der Waals surface area contributed by atoms with Crippen LogP contribution in [0, 0.1) is 0 Å². The summed E-state index contributed by atoms with van der Waals surface area (Å²) in [6.07, 6.45) is 3.71. The molecule has 0 radical (unpaired) electrons. The highest BCUT2D eigenvalue weighted by atomic mass is 127. The van der Waals surface area contributed by atoms with Crippen molar-refractivity contribution in [2.45, 2.75) is 25.3 Å². The summed E-state index contributed by atoms with van der Waals surface area (Å²) in [5, 5.41) is 3.15. The van der Waals surface area contributed by atoms with Crippen LogP contribution < -0.4 is 25.3 Å². The first kappa shape index (κ1) is 25.1. The number of benzene rings is 2. The number of piperidine rings is 1. The zero-order valence-electron chi connectivity index (χ0n) is 18.5. The summed E-state index contributed by atoms with van der Waals surface area (Å²) in [5.74, 6) is 2.59. The SMILES string of the molecule is COc1ccc(C(CN=C(N)Nc2cc(OC)ccc2OC)N2CCCCC2)cc1.I. The topological polar surface area (TPSA) is 81.3 Å². The summed E-state index contributed by atoms with van der Waals surface area (Å²) < 4.78 is 16.0. The van der Waals surface area contributed by atoms with E-state index in [1.54, 1.807) is 21.3 Å². The number of hydrogen-bond donors (Lipinski definition) is 2. The molecule has 1 unspecified atom stereocenters. The Kier molecular flexibility index (Phi) is 10.2. The van der Waals surface area contributed by atoms with Crippen molar-refractivity contribution in [1.29, 1.82) is 0 Å². The Bertz CT molecular complexity index is 839. The van der Waals surface area contributed by atoms with Crippen molar-refractivity contribution < 1.29 is 14.2 Å². The molecule has 0 amide bonds. The molecule has 0 bridgehead atoms. The van der Waals surface area contributed by atoms with Crippen LogP contribution in [0.2, 0.25) is 0 Å². The van der Waals surface area contributed by atoms with Gasteiger partial charge >= 0.3 is 0 Å². The number of anilines is 1. The third-order valence-electron chi connectivity index (χ3n) is 5.44. The van der Waals surface area contributed by atoms with Crippen molar-refractivity contribution in [3.8, 4) is 17.2 Å². The summed E-state index contributed by atoms with van der Waals surface area (Å²) in [6.45, 7) is 2.71. The normalized spacial score (nSPS) is 15.5. The molecule has 2 aromatic carbocycles. The van der Waals surface area contributed by atoms with E-state index < -0.39 is 0 Å². The van der Waals surface area contributed by atoms with E-state index in [9.17, 15) is 0 Å². The lowest BCUT2D eigenvalue weighted by molar-refractivity contribution is 0.168. The van der Waals surface area contributed by atoms with Crippen molar-refractivity contribution in [1.82, 2.24) is 4.90 Å². The number of halogens is 1. The van der Waals surface area contributed by atoms with E-state index >= 15 is 0 Å². The second-order valence-corrected chi connectivity index (χ2v) is 7.30. The second kappa shape index (κ2) is 12.6. The van der Waals surface area contributed by atoms with Gasteiger partial charge in [-0.15, -0.1) is 24.0 Å². The molecule has 1 saturated heterocycles. The number of likely N-dealkylation sites (tertiary alicyclic amines) is 1. The number of nitrogens with two attached hydrogens (primary N) is 1. The van der Waals surface area contributed by atoms with Crippen molar-refractivity contribution in [2.24, 2.45) is 10.7 Å². The van der Waals surface area contributed by atoms with E-state index in [1.807, 2.05) is 30.3 Å². The minimum atomic E-state index is 0. The fraction of sp³-hybridized carbons (Fsp3) is 0.435. The number of hydrogen-bond acceptors (Lipinski definition) is 5. The van der Waals surface area contributed by atoms with Crippen LogP contribution in [0.15, 0.2) is 47.5 Å². The Morgan fingerprint density at radius 2 is 1.61 bits per heavy atom. The van der Waals surface area contributed by atoms with Crippen LogP contribution in [-0.2, 0) is 0 Å². The molecular weight excluding hydrogens is 507 g/mol. The lowest BCUT2D eigenvalue weighted by Gasteiger charge is -2.34. The highest BCUT2D eigenvalue weighted by Gasteiger charge is 2.22. The quantitative estimate of drug-likeness (QED) is 0.296. The van der Waals surface area contributed by atoms with E-state index in [0.717, 1.165) is 30.3 Å². The molecule has 0 aromatic heterocycles. The van der Waals surface area contributed by atoms with Gasteiger partial charge in [-0.2, -0.15) is 0 Å². The van der Waals surface area contributed by atoms with E-state index in [0.29, 0.717) is 18.3 Å². The van der Waals surface area contributed by atoms with E-state index in [1.165, 1.54) is 24.8 Å². The molecule has 31 heavy (non-hydrogen) atoms. The van der Waals surface area contributed by atoms with Gasteiger partial charge in [0.05, 0.1) is 39.6 Å². The summed E-state index contributed by atoms with van der Waals surface area (Å²) in [7, 11) is 4.93. The molecule has 1 aliphatic rings. The lowest BCUT2D eigenvalue weighted by atomic mass is 10.0. The van der Waals surface area contributed by atoms with Crippen molar-refractivity contribution in [3.05, 3.63) is 48.0 Å². The first-order valence-corrected chi connectivity index (χ1v) is 10.3. The maximum absolute atomic E-state index is 6.23. The van der Waals surface area contributed by atoms with E-state index in [-0.39, 0.29) is 30.0 Å². The highest BCUT2D eigenvalue weighted by molar-refractivity contribution is 14.0. The number of ether oxygens (including phenoxy) is 3. The van der Waals surface area contributed by atoms with Crippen LogP contribution in [0.1, 0.15) is 30.9 Å². The fourth-order valence-electron chi connectivity index (χ4n) is 3.76. The summed E-state index contributed by atoms with van der Waals surface area (Å²) >= 11 is 0. The fourth-order valence-corrected chi connectivity index (χ4v) is 3.76. The largest absolute Gasteiger partial charge is 0.497 e. The number of methoxy groups -OCH3 is 3. The summed E-state index contributed by atoms with van der Waals surface area (Å²) in [4.78, 5) is 7.15. The minimum Gasteiger partial charge on any atom is -0.497 e. The van der Waals surface area contributed by atoms with Gasteiger partial charge in [-0.3, -0.25) is 9.89 Å². The Morgan fingerprint density at radius 3 is 2.23 bits per heavy atom. The molecule has 0 aliphatic carbocycles. The first-order chi connectivity index (χ1) is 14.6. The van der Waals surface area contributed by atoms with Crippen LogP contribution in [0.3, 0.4) is 0 Å². The first-order valence-electron chi connectivity index (χ1n) is 10.3. The predicted octanol–water partition coefficient (Wildman–Crippen LogP) is 4.28. The number of aliphatic imine (C=N–C) groups is 1. The molecule has 2 aromatic rings. The van der Waals surface area contributed by atoms with E-state index in [4.69, 9.17) is 19.9 Å². The van der Waals surface area contributed by atoms with Crippen molar-refractivity contribution in [2.75, 3.05) is 46.3 Å². The zero-order valence-corrected chi connectivity index (χ0v) is 20.8. The van der Waals surface area contributed by atoms with Crippen molar-refractivity contribution >= 4 is 35.6 Å². The molecule has 1 atom stereocenters. The van der Waals surface area contributed by atoms with Crippen LogP contribution in [-0.4, -0.2) is 51.8 Å². The van der Waals surface area contributed by atoms with Crippen LogP contribution >= 0.6 is 24.0 Å². The van der Waals surface area contributed by atoms with Crippen LogP contribution in [0.5, 0.6) is 17.2 Å². The molecule has 0 spiro atoms. The van der Waals surface area contributed by atoms with Gasteiger partial charge in [-0.1, -0.05) is 18.6 Å². The van der Waals surface area contributed by atoms with Gasteiger partial charge in [0.2, 0.25) is 0 Å². The molecule has 1 aliphatic heterocycles. The lowest BCUT2D eigenvalue weighted by Crippen LogP contribution is -2.36. The standard InChI is InChI=1S/C23H32N4O3.HI/c1-28-18-9-7-17(8-10-18)21(27-13-5-4-6-14-27)16-25-23(24)26-20-15-19(29-2)11-12-22(20)30-3;/h7-12,15,21H,4-6,13-14,16H2,1-3H3,(H3,24,25,26);1H. The number of nitrogens with one attached hydrogen (secondary N) is 1. The average Bonchev–Trinajstić information content (AvgIpc) is 2.80. The third-order valence-corrected chi connectivity index (χ3v) is 5.44. The third kappa shape index (κ3) is 6.90. The molecular formula is C23H33IN4O3. The smallest absolute Gasteiger partial charge is 0.193 e. The van der Waals surface area contributed by atoms with Gasteiger partial charge < -0.3 is 25.3 Å². The molecule has 1 fully saturated rings. The van der Waals surface area contributed by atoms with Crippen molar-refractivity contribution in [3.63, 3.8) is 0 Å². The number of guanidine groups is 1. The Labute approximate surface area is 202 Å². The van der Waals surface area contributed by atoms with Crippen LogP contribution in [0.25, 0.3) is 0 Å². The monoisotopic (exact) mass is 540 g/mol. The van der Waals surface area contributed by atoms with Gasteiger partial charge in [0.1, 0.15) is 17.2 Å².